The molecule has 1 aliphatic rings. The molecule has 0 spiro atoms. The third-order valence-corrected chi connectivity index (χ3v) is 4.81. The van der Waals surface area contributed by atoms with E-state index in [9.17, 15) is 8.78 Å². The third-order valence-electron chi connectivity index (χ3n) is 4.81. The van der Waals surface area contributed by atoms with Crippen LogP contribution in [0.15, 0.2) is 42.5 Å². The van der Waals surface area contributed by atoms with Gasteiger partial charge < -0.3 is 10.2 Å². The fourth-order valence-electron chi connectivity index (χ4n) is 3.32. The Balaban J connectivity index is 1.47. The van der Waals surface area contributed by atoms with Gasteiger partial charge in [-0.25, -0.2) is 8.78 Å². The van der Waals surface area contributed by atoms with Crippen LogP contribution in [0.3, 0.4) is 0 Å². The lowest BCUT2D eigenvalue weighted by Gasteiger charge is -2.15. The van der Waals surface area contributed by atoms with Crippen LogP contribution in [-0.2, 0) is 13.1 Å². The average Bonchev–Trinajstić information content (AvgIpc) is 3.37. The number of nitrogens with zero attached hydrogens (tertiary/aromatic N) is 1. The van der Waals surface area contributed by atoms with E-state index in [4.69, 9.17) is 0 Å². The van der Waals surface area contributed by atoms with Gasteiger partial charge in [-0.05, 0) is 55.3 Å². The van der Waals surface area contributed by atoms with Gasteiger partial charge in [-0.1, -0.05) is 37.3 Å². The van der Waals surface area contributed by atoms with E-state index in [-0.39, 0.29) is 5.92 Å². The first-order valence-electron chi connectivity index (χ1n) is 9.01. The Morgan fingerprint density at radius 2 is 1.76 bits per heavy atom. The summed E-state index contributed by atoms with van der Waals surface area (Å²) < 4.78 is 26.3. The van der Waals surface area contributed by atoms with Crippen molar-refractivity contribution in [1.29, 1.82) is 0 Å². The van der Waals surface area contributed by atoms with Crippen LogP contribution in [0.2, 0.25) is 0 Å². The minimum absolute atomic E-state index is 0.289. The molecule has 1 N–H and O–H groups in total. The fourth-order valence-corrected chi connectivity index (χ4v) is 3.32. The van der Waals surface area contributed by atoms with Gasteiger partial charge >= 0.3 is 0 Å². The van der Waals surface area contributed by atoms with Crippen LogP contribution in [0.1, 0.15) is 42.4 Å². The predicted molar refractivity (Wildman–Crippen MR) is 97.4 cm³/mol. The molecule has 0 heterocycles. The molecule has 2 nitrogen and oxygen atoms in total. The van der Waals surface area contributed by atoms with Crippen molar-refractivity contribution in [3.8, 4) is 0 Å². The van der Waals surface area contributed by atoms with E-state index in [0.29, 0.717) is 6.04 Å². The van der Waals surface area contributed by atoms with Gasteiger partial charge in [0.1, 0.15) is 0 Å². The lowest BCUT2D eigenvalue weighted by atomic mass is 10.1. The molecule has 1 aliphatic carbocycles. The van der Waals surface area contributed by atoms with Gasteiger partial charge in [0.2, 0.25) is 0 Å². The molecular formula is C21H26F2N2. The van der Waals surface area contributed by atoms with Crippen molar-refractivity contribution in [3.05, 3.63) is 70.8 Å². The highest BCUT2D eigenvalue weighted by Gasteiger charge is 2.38. The topological polar surface area (TPSA) is 15.3 Å². The lowest BCUT2D eigenvalue weighted by molar-refractivity contribution is 0.327. The van der Waals surface area contributed by atoms with Crippen LogP contribution in [0.25, 0.3) is 0 Å². The maximum Gasteiger partial charge on any atom is 0.159 e. The average molecular weight is 344 g/mol. The van der Waals surface area contributed by atoms with E-state index in [1.165, 1.54) is 29.7 Å². The quantitative estimate of drug-likeness (QED) is 0.761. The zero-order valence-corrected chi connectivity index (χ0v) is 14.9. The van der Waals surface area contributed by atoms with Crippen LogP contribution < -0.4 is 5.32 Å². The molecule has 2 aromatic rings. The number of halogens is 2. The Kier molecular flexibility index (Phi) is 5.82. The van der Waals surface area contributed by atoms with Crippen LogP contribution in [0.4, 0.5) is 8.78 Å². The first kappa shape index (κ1) is 18.0. The molecule has 0 saturated heterocycles. The van der Waals surface area contributed by atoms with Crippen molar-refractivity contribution in [3.63, 3.8) is 0 Å². The second kappa shape index (κ2) is 8.07. The first-order chi connectivity index (χ1) is 12.1. The smallest absolute Gasteiger partial charge is 0.159 e. The summed E-state index contributed by atoms with van der Waals surface area (Å²) in [5.41, 5.74) is 3.45. The number of nitrogens with one attached hydrogen (secondary N) is 1. The molecule has 134 valence electrons. The van der Waals surface area contributed by atoms with E-state index >= 15 is 0 Å². The number of rotatable bonds is 8. The highest BCUT2D eigenvalue weighted by Crippen LogP contribution is 2.41. The number of hydrogen-bond donors (Lipinski definition) is 1. The zero-order chi connectivity index (χ0) is 17.8. The molecule has 1 saturated carbocycles. The van der Waals surface area contributed by atoms with Gasteiger partial charge in [0.05, 0.1) is 0 Å². The monoisotopic (exact) mass is 344 g/mol. The Labute approximate surface area is 148 Å². The van der Waals surface area contributed by atoms with Gasteiger partial charge in [-0.2, -0.15) is 0 Å². The van der Waals surface area contributed by atoms with E-state index in [2.05, 4.69) is 48.5 Å². The molecule has 0 radical (unpaired) electrons. The number of hydrogen-bond acceptors (Lipinski definition) is 2. The second-order valence-electron chi connectivity index (χ2n) is 7.06. The van der Waals surface area contributed by atoms with Gasteiger partial charge in [0.15, 0.2) is 11.6 Å². The van der Waals surface area contributed by atoms with Crippen molar-refractivity contribution in [2.45, 2.75) is 44.8 Å². The summed E-state index contributed by atoms with van der Waals surface area (Å²) in [5, 5.41) is 3.51. The van der Waals surface area contributed by atoms with E-state index < -0.39 is 11.6 Å². The highest BCUT2D eigenvalue weighted by molar-refractivity contribution is 5.29. The molecule has 0 unspecified atom stereocenters. The molecule has 0 amide bonds. The molecule has 1 fully saturated rings. The van der Waals surface area contributed by atoms with E-state index in [1.54, 1.807) is 6.07 Å². The first-order valence-corrected chi connectivity index (χ1v) is 9.01. The molecule has 2 aromatic carbocycles. The van der Waals surface area contributed by atoms with Crippen molar-refractivity contribution < 1.29 is 8.78 Å². The van der Waals surface area contributed by atoms with Crippen molar-refractivity contribution in [2.75, 3.05) is 13.6 Å². The Morgan fingerprint density at radius 1 is 1.04 bits per heavy atom. The summed E-state index contributed by atoms with van der Waals surface area (Å²) in [5.74, 6) is -1.25. The highest BCUT2D eigenvalue weighted by atomic mass is 19.2. The largest absolute Gasteiger partial charge is 0.309 e. The maximum atomic E-state index is 13.3. The van der Waals surface area contributed by atoms with Gasteiger partial charge in [0.25, 0.3) is 0 Å². The van der Waals surface area contributed by atoms with Crippen LogP contribution in [0.5, 0.6) is 0 Å². The molecular weight excluding hydrogens is 318 g/mol. The minimum atomic E-state index is -0.779. The van der Waals surface area contributed by atoms with Gasteiger partial charge in [-0.3, -0.25) is 0 Å². The Bertz CT molecular complexity index is 700. The molecule has 4 heteroatoms. The third kappa shape index (κ3) is 4.86. The Morgan fingerprint density at radius 3 is 2.44 bits per heavy atom. The van der Waals surface area contributed by atoms with Crippen LogP contribution >= 0.6 is 0 Å². The van der Waals surface area contributed by atoms with Crippen LogP contribution in [0, 0.1) is 11.6 Å². The molecule has 3 rings (SSSR count). The van der Waals surface area contributed by atoms with Crippen molar-refractivity contribution in [1.82, 2.24) is 10.2 Å². The van der Waals surface area contributed by atoms with Crippen molar-refractivity contribution >= 4 is 0 Å². The number of benzene rings is 2. The predicted octanol–water partition coefficient (Wildman–Crippen LogP) is 4.45. The summed E-state index contributed by atoms with van der Waals surface area (Å²) in [4.78, 5) is 2.32. The fraction of sp³-hybridized carbons (Fsp3) is 0.429. The molecule has 0 aliphatic heterocycles. The summed E-state index contributed by atoms with van der Waals surface area (Å²) in [7, 11) is 2.14. The summed E-state index contributed by atoms with van der Waals surface area (Å²) in [6, 6.07) is 13.3. The molecule has 2 atom stereocenters. The normalized spacial score (nSPS) is 19.4. The lowest BCUT2D eigenvalue weighted by Crippen LogP contribution is -2.19. The SMILES string of the molecule is CCCN(C)Cc1ccc(CN[C@@H]2C[C@H]2c2ccc(F)c(F)c2)cc1. The summed E-state index contributed by atoms with van der Waals surface area (Å²) >= 11 is 0. The minimum Gasteiger partial charge on any atom is -0.309 e. The van der Waals surface area contributed by atoms with Gasteiger partial charge in [-0.15, -0.1) is 0 Å². The van der Waals surface area contributed by atoms with Crippen LogP contribution in [-0.4, -0.2) is 24.5 Å². The summed E-state index contributed by atoms with van der Waals surface area (Å²) in [6.07, 6.45) is 2.14. The van der Waals surface area contributed by atoms with Gasteiger partial charge in [0, 0.05) is 25.0 Å². The summed E-state index contributed by atoms with van der Waals surface area (Å²) in [6.45, 7) is 5.07. The second-order valence-corrected chi connectivity index (χ2v) is 7.06. The Hall–Kier alpha value is -1.78. The molecule has 0 aromatic heterocycles. The zero-order valence-electron chi connectivity index (χ0n) is 14.9. The standard InChI is InChI=1S/C21H26F2N2/c1-3-10-25(2)14-16-6-4-15(5-7-16)13-24-21-12-18(21)17-8-9-19(22)20(23)11-17/h4-9,11,18,21,24H,3,10,12-14H2,1-2H3/t18-,21+/m0/s1. The molecule has 0 bridgehead atoms. The maximum absolute atomic E-state index is 13.3. The molecule has 25 heavy (non-hydrogen) atoms. The van der Waals surface area contributed by atoms with E-state index in [0.717, 1.165) is 31.6 Å². The van der Waals surface area contributed by atoms with E-state index in [1.807, 2.05) is 0 Å². The van der Waals surface area contributed by atoms with Crippen molar-refractivity contribution in [2.24, 2.45) is 0 Å².